The van der Waals surface area contributed by atoms with Crippen LogP contribution in [0.3, 0.4) is 0 Å². The highest BCUT2D eigenvalue weighted by Gasteiger charge is 2.38. The maximum absolute atomic E-state index is 12.5. The summed E-state index contributed by atoms with van der Waals surface area (Å²) in [5.41, 5.74) is 1.11. The van der Waals surface area contributed by atoms with E-state index in [9.17, 15) is 18.0 Å². The van der Waals surface area contributed by atoms with Gasteiger partial charge in [0.2, 0.25) is 5.82 Å². The van der Waals surface area contributed by atoms with Gasteiger partial charge in [0.1, 0.15) is 12.3 Å². The van der Waals surface area contributed by atoms with Crippen molar-refractivity contribution in [2.45, 2.75) is 26.6 Å². The maximum atomic E-state index is 12.5. The standard InChI is InChI=1S/C16H17F3N4O4/c1-4-26-21-10(2)14(24)23(25-3)9-11-5-7-12(8-6-11)13-20-15(27-22-13)16(17,18)19/h5-8H,4,9H2,1-3H3. The average molecular weight is 386 g/mol. The smallest absolute Gasteiger partial charge is 0.396 e. The molecule has 2 aromatic rings. The number of hydrogen-bond acceptors (Lipinski definition) is 7. The molecule has 0 unspecified atom stereocenters. The van der Waals surface area contributed by atoms with Gasteiger partial charge in [-0.3, -0.25) is 9.63 Å². The van der Waals surface area contributed by atoms with Gasteiger partial charge in [0, 0.05) is 5.56 Å². The topological polar surface area (TPSA) is 90.1 Å². The van der Waals surface area contributed by atoms with Crippen molar-refractivity contribution in [3.05, 3.63) is 35.7 Å². The van der Waals surface area contributed by atoms with E-state index in [-0.39, 0.29) is 18.1 Å². The van der Waals surface area contributed by atoms with Crippen molar-refractivity contribution in [1.82, 2.24) is 15.2 Å². The fourth-order valence-electron chi connectivity index (χ4n) is 1.98. The van der Waals surface area contributed by atoms with E-state index in [2.05, 4.69) is 19.8 Å². The highest BCUT2D eigenvalue weighted by Crippen LogP contribution is 2.29. The molecule has 0 saturated heterocycles. The summed E-state index contributed by atoms with van der Waals surface area (Å²) in [4.78, 5) is 25.4. The van der Waals surface area contributed by atoms with E-state index in [1.165, 1.54) is 26.2 Å². The molecule has 11 heteroatoms. The number of nitrogens with zero attached hydrogens (tertiary/aromatic N) is 4. The van der Waals surface area contributed by atoms with E-state index in [4.69, 9.17) is 9.68 Å². The van der Waals surface area contributed by atoms with Crippen molar-refractivity contribution >= 4 is 11.6 Å². The number of alkyl halides is 3. The van der Waals surface area contributed by atoms with Crippen molar-refractivity contribution in [2.75, 3.05) is 13.7 Å². The summed E-state index contributed by atoms with van der Waals surface area (Å²) in [6.07, 6.45) is -4.70. The zero-order valence-electron chi connectivity index (χ0n) is 14.8. The molecule has 0 aliphatic rings. The van der Waals surface area contributed by atoms with E-state index in [0.29, 0.717) is 17.7 Å². The predicted octanol–water partition coefficient (Wildman–Crippen LogP) is 3.06. The van der Waals surface area contributed by atoms with Crippen molar-refractivity contribution < 1.29 is 32.2 Å². The van der Waals surface area contributed by atoms with Gasteiger partial charge in [-0.15, -0.1) is 0 Å². The van der Waals surface area contributed by atoms with Crippen LogP contribution in [0.5, 0.6) is 0 Å². The Morgan fingerprint density at radius 3 is 2.48 bits per heavy atom. The molecule has 0 aliphatic heterocycles. The van der Waals surface area contributed by atoms with Crippen LogP contribution in [0, 0.1) is 0 Å². The number of oxime groups is 1. The third-order valence-electron chi connectivity index (χ3n) is 3.29. The Morgan fingerprint density at radius 2 is 1.96 bits per heavy atom. The molecule has 0 spiro atoms. The Balaban J connectivity index is 2.10. The minimum atomic E-state index is -4.70. The molecule has 1 aromatic carbocycles. The van der Waals surface area contributed by atoms with Crippen molar-refractivity contribution in [3.63, 3.8) is 0 Å². The number of hydrogen-bond donors (Lipinski definition) is 0. The van der Waals surface area contributed by atoms with Gasteiger partial charge in [-0.2, -0.15) is 18.2 Å². The number of aromatic nitrogens is 2. The lowest BCUT2D eigenvalue weighted by molar-refractivity contribution is -0.171. The molecule has 1 amide bonds. The predicted molar refractivity (Wildman–Crippen MR) is 87.0 cm³/mol. The Hall–Kier alpha value is -2.95. The van der Waals surface area contributed by atoms with Crippen LogP contribution in [-0.4, -0.2) is 40.5 Å². The highest BCUT2D eigenvalue weighted by atomic mass is 19.4. The van der Waals surface area contributed by atoms with Crippen LogP contribution in [0.1, 0.15) is 25.3 Å². The highest BCUT2D eigenvalue weighted by molar-refractivity contribution is 6.37. The molecule has 0 aliphatic carbocycles. The molecule has 0 bridgehead atoms. The minimum absolute atomic E-state index is 0.0919. The van der Waals surface area contributed by atoms with Gasteiger partial charge in [-0.1, -0.05) is 34.6 Å². The minimum Gasteiger partial charge on any atom is -0.396 e. The van der Waals surface area contributed by atoms with Crippen LogP contribution in [0.2, 0.25) is 0 Å². The second-order valence-corrected chi connectivity index (χ2v) is 5.24. The molecule has 0 radical (unpaired) electrons. The third-order valence-corrected chi connectivity index (χ3v) is 3.29. The first kappa shape index (κ1) is 20.4. The quantitative estimate of drug-likeness (QED) is 0.537. The van der Waals surface area contributed by atoms with Gasteiger partial charge < -0.3 is 9.36 Å². The van der Waals surface area contributed by atoms with Crippen LogP contribution in [0.25, 0.3) is 11.4 Å². The van der Waals surface area contributed by atoms with Gasteiger partial charge in [-0.05, 0) is 19.4 Å². The third kappa shape index (κ3) is 5.26. The summed E-state index contributed by atoms with van der Waals surface area (Å²) in [5.74, 6) is -2.09. The Kier molecular flexibility index (Phi) is 6.50. The molecule has 146 valence electrons. The first-order valence-electron chi connectivity index (χ1n) is 7.79. The molecule has 2 rings (SSSR count). The summed E-state index contributed by atoms with van der Waals surface area (Å²) in [6.45, 7) is 3.64. The Morgan fingerprint density at radius 1 is 1.30 bits per heavy atom. The first-order chi connectivity index (χ1) is 12.8. The number of benzene rings is 1. The SMILES string of the molecule is CCON=C(C)C(=O)N(Cc1ccc(-c2noc(C(F)(F)F)n2)cc1)OC. The van der Waals surface area contributed by atoms with Crippen LogP contribution in [0.4, 0.5) is 13.2 Å². The Labute approximate surface area is 152 Å². The van der Waals surface area contributed by atoms with Gasteiger partial charge in [-0.25, -0.2) is 5.06 Å². The summed E-state index contributed by atoms with van der Waals surface area (Å²) in [6, 6.07) is 6.24. The number of carbonyl (C=O) groups is 1. The van der Waals surface area contributed by atoms with E-state index in [1.54, 1.807) is 19.1 Å². The monoisotopic (exact) mass is 386 g/mol. The average Bonchev–Trinajstić information content (AvgIpc) is 3.14. The number of rotatable bonds is 7. The zero-order chi connectivity index (χ0) is 20.0. The number of amides is 1. The normalized spacial score (nSPS) is 12.1. The molecular formula is C16H17F3N4O4. The largest absolute Gasteiger partial charge is 0.471 e. The lowest BCUT2D eigenvalue weighted by Crippen LogP contribution is -2.34. The molecule has 1 aromatic heterocycles. The summed E-state index contributed by atoms with van der Waals surface area (Å²) in [5, 5.41) is 8.04. The van der Waals surface area contributed by atoms with E-state index in [0.717, 1.165) is 5.06 Å². The van der Waals surface area contributed by atoms with E-state index in [1.807, 2.05) is 0 Å². The molecule has 27 heavy (non-hydrogen) atoms. The van der Waals surface area contributed by atoms with Crippen LogP contribution in [-0.2, 0) is 27.2 Å². The zero-order valence-corrected chi connectivity index (χ0v) is 14.8. The molecule has 0 atom stereocenters. The fraction of sp³-hybridized carbons (Fsp3) is 0.375. The van der Waals surface area contributed by atoms with Crippen molar-refractivity contribution in [1.29, 1.82) is 0 Å². The number of carbonyl (C=O) groups excluding carboxylic acids is 1. The van der Waals surface area contributed by atoms with Crippen molar-refractivity contribution in [3.8, 4) is 11.4 Å². The molecule has 0 N–H and O–H groups in total. The van der Waals surface area contributed by atoms with Crippen molar-refractivity contribution in [2.24, 2.45) is 5.16 Å². The van der Waals surface area contributed by atoms with Gasteiger partial charge in [0.05, 0.1) is 13.7 Å². The second kappa shape index (κ2) is 8.62. The lowest BCUT2D eigenvalue weighted by atomic mass is 10.1. The molecule has 0 saturated carbocycles. The van der Waals surface area contributed by atoms with E-state index < -0.39 is 18.0 Å². The lowest BCUT2D eigenvalue weighted by Gasteiger charge is -2.19. The molecule has 0 fully saturated rings. The number of halogens is 3. The molecule has 8 nitrogen and oxygen atoms in total. The van der Waals surface area contributed by atoms with Crippen LogP contribution in [0.15, 0.2) is 33.9 Å². The van der Waals surface area contributed by atoms with E-state index >= 15 is 0 Å². The van der Waals surface area contributed by atoms with Gasteiger partial charge in [0.15, 0.2) is 0 Å². The summed E-state index contributed by atoms with van der Waals surface area (Å²) >= 11 is 0. The van der Waals surface area contributed by atoms with Gasteiger partial charge >= 0.3 is 12.1 Å². The summed E-state index contributed by atoms with van der Waals surface area (Å²) in [7, 11) is 1.33. The Bertz CT molecular complexity index is 803. The van der Waals surface area contributed by atoms with Crippen LogP contribution < -0.4 is 0 Å². The van der Waals surface area contributed by atoms with Gasteiger partial charge in [0.25, 0.3) is 5.91 Å². The first-order valence-corrected chi connectivity index (χ1v) is 7.79. The maximum Gasteiger partial charge on any atom is 0.471 e. The fourth-order valence-corrected chi connectivity index (χ4v) is 1.98. The number of hydroxylamine groups is 2. The molecular weight excluding hydrogens is 369 g/mol. The summed E-state index contributed by atoms with van der Waals surface area (Å²) < 4.78 is 41.7. The molecule has 1 heterocycles. The second-order valence-electron chi connectivity index (χ2n) is 5.24. The van der Waals surface area contributed by atoms with Crippen LogP contribution >= 0.6 is 0 Å².